The van der Waals surface area contributed by atoms with Gasteiger partial charge in [-0.15, -0.1) is 0 Å². The van der Waals surface area contributed by atoms with Crippen molar-refractivity contribution in [2.24, 2.45) is 0 Å². The summed E-state index contributed by atoms with van der Waals surface area (Å²) >= 11 is 0. The van der Waals surface area contributed by atoms with E-state index in [0.29, 0.717) is 18.1 Å². The number of rotatable bonds is 4. The Morgan fingerprint density at radius 1 is 1.31 bits per heavy atom. The van der Waals surface area contributed by atoms with E-state index in [1.54, 1.807) is 0 Å². The van der Waals surface area contributed by atoms with Gasteiger partial charge in [-0.1, -0.05) is 35.5 Å². The van der Waals surface area contributed by atoms with E-state index in [4.69, 9.17) is 4.52 Å². The summed E-state index contributed by atoms with van der Waals surface area (Å²) in [7, 11) is 1.93. The van der Waals surface area contributed by atoms with E-state index in [-0.39, 0.29) is 6.04 Å². The fraction of sp³-hybridized carbons (Fsp3) is 0.333. The fourth-order valence-electron chi connectivity index (χ4n) is 1.67. The largest absolute Gasteiger partial charge is 0.339 e. The average molecular weight is 217 g/mol. The third-order valence-electron chi connectivity index (χ3n) is 2.50. The predicted molar refractivity (Wildman–Crippen MR) is 61.0 cm³/mol. The Morgan fingerprint density at radius 2 is 2.06 bits per heavy atom. The van der Waals surface area contributed by atoms with Crippen LogP contribution >= 0.6 is 0 Å². The maximum absolute atomic E-state index is 5.12. The first-order chi connectivity index (χ1) is 7.79. The molecular formula is C12H15N3O. The van der Waals surface area contributed by atoms with Crippen LogP contribution < -0.4 is 5.32 Å². The summed E-state index contributed by atoms with van der Waals surface area (Å²) in [4.78, 5) is 4.21. The van der Waals surface area contributed by atoms with Crippen LogP contribution in [0.3, 0.4) is 0 Å². The monoisotopic (exact) mass is 217 g/mol. The summed E-state index contributed by atoms with van der Waals surface area (Å²) in [5.74, 6) is 1.35. The second-order valence-corrected chi connectivity index (χ2v) is 3.69. The molecule has 0 saturated heterocycles. The minimum atomic E-state index is 0.209. The fourth-order valence-corrected chi connectivity index (χ4v) is 1.67. The molecule has 0 aliphatic heterocycles. The molecule has 1 aromatic heterocycles. The molecule has 1 N–H and O–H groups in total. The van der Waals surface area contributed by atoms with Gasteiger partial charge < -0.3 is 9.84 Å². The summed E-state index contributed by atoms with van der Waals surface area (Å²) in [6.45, 7) is 1.82. The van der Waals surface area contributed by atoms with E-state index in [1.165, 1.54) is 5.56 Å². The Labute approximate surface area is 94.7 Å². The third kappa shape index (κ3) is 2.46. The van der Waals surface area contributed by atoms with E-state index in [0.717, 1.165) is 0 Å². The standard InChI is InChI=1S/C12H15N3O/c1-9-14-12(16-15-9)8-11(13-2)10-6-4-3-5-7-10/h3-7,11,13H,8H2,1-2H3. The second kappa shape index (κ2) is 4.90. The number of hydrogen-bond acceptors (Lipinski definition) is 4. The van der Waals surface area contributed by atoms with Gasteiger partial charge in [0.1, 0.15) is 0 Å². The molecule has 1 aromatic carbocycles. The Kier molecular flexibility index (Phi) is 3.31. The molecular weight excluding hydrogens is 202 g/mol. The molecule has 1 unspecified atom stereocenters. The van der Waals surface area contributed by atoms with Crippen molar-refractivity contribution in [3.63, 3.8) is 0 Å². The van der Waals surface area contributed by atoms with Crippen LogP contribution in [0.1, 0.15) is 23.3 Å². The van der Waals surface area contributed by atoms with Crippen LogP contribution in [0.4, 0.5) is 0 Å². The molecule has 16 heavy (non-hydrogen) atoms. The zero-order chi connectivity index (χ0) is 11.4. The summed E-state index contributed by atoms with van der Waals surface area (Å²) in [5.41, 5.74) is 1.22. The molecule has 0 bridgehead atoms. The number of likely N-dealkylation sites (N-methyl/N-ethyl adjacent to an activating group) is 1. The van der Waals surface area contributed by atoms with E-state index >= 15 is 0 Å². The molecule has 2 rings (SSSR count). The van der Waals surface area contributed by atoms with E-state index in [9.17, 15) is 0 Å². The van der Waals surface area contributed by atoms with Crippen molar-refractivity contribution in [3.05, 3.63) is 47.6 Å². The van der Waals surface area contributed by atoms with Crippen molar-refractivity contribution >= 4 is 0 Å². The first-order valence-corrected chi connectivity index (χ1v) is 5.31. The molecule has 4 nitrogen and oxygen atoms in total. The van der Waals surface area contributed by atoms with Gasteiger partial charge in [0.15, 0.2) is 5.82 Å². The normalized spacial score (nSPS) is 12.6. The van der Waals surface area contributed by atoms with Gasteiger partial charge in [-0.25, -0.2) is 0 Å². The molecule has 0 spiro atoms. The highest BCUT2D eigenvalue weighted by Gasteiger charge is 2.13. The highest BCUT2D eigenvalue weighted by molar-refractivity contribution is 5.19. The van der Waals surface area contributed by atoms with Crippen LogP contribution in [0.25, 0.3) is 0 Å². The minimum Gasteiger partial charge on any atom is -0.339 e. The molecule has 0 saturated carbocycles. The number of aromatic nitrogens is 2. The summed E-state index contributed by atoms with van der Waals surface area (Å²) in [6.07, 6.45) is 0.710. The summed E-state index contributed by atoms with van der Waals surface area (Å²) in [6, 6.07) is 10.4. The van der Waals surface area contributed by atoms with Crippen LogP contribution in [-0.2, 0) is 6.42 Å². The van der Waals surface area contributed by atoms with Crippen LogP contribution in [0.5, 0.6) is 0 Å². The first-order valence-electron chi connectivity index (χ1n) is 5.31. The quantitative estimate of drug-likeness (QED) is 0.849. The van der Waals surface area contributed by atoms with Gasteiger partial charge in [-0.05, 0) is 19.5 Å². The van der Waals surface area contributed by atoms with Crippen LogP contribution in [0.2, 0.25) is 0 Å². The average Bonchev–Trinajstić information content (AvgIpc) is 2.73. The van der Waals surface area contributed by atoms with Gasteiger partial charge in [0, 0.05) is 12.5 Å². The number of nitrogens with one attached hydrogen (secondary N) is 1. The third-order valence-corrected chi connectivity index (χ3v) is 2.50. The zero-order valence-corrected chi connectivity index (χ0v) is 9.47. The second-order valence-electron chi connectivity index (χ2n) is 3.69. The van der Waals surface area contributed by atoms with Crippen molar-refractivity contribution in [1.82, 2.24) is 15.5 Å². The SMILES string of the molecule is CNC(Cc1nc(C)no1)c1ccccc1. The molecule has 4 heteroatoms. The van der Waals surface area contributed by atoms with Crippen molar-refractivity contribution < 1.29 is 4.52 Å². The van der Waals surface area contributed by atoms with Crippen molar-refractivity contribution in [1.29, 1.82) is 0 Å². The molecule has 0 aliphatic rings. The summed E-state index contributed by atoms with van der Waals surface area (Å²) < 4.78 is 5.12. The molecule has 0 fully saturated rings. The van der Waals surface area contributed by atoms with Crippen molar-refractivity contribution in [2.45, 2.75) is 19.4 Å². The number of nitrogens with zero attached hydrogens (tertiary/aromatic N) is 2. The van der Waals surface area contributed by atoms with Gasteiger partial charge in [0.2, 0.25) is 5.89 Å². The molecule has 0 amide bonds. The predicted octanol–water partition coefficient (Wildman–Crippen LogP) is 1.88. The van der Waals surface area contributed by atoms with Gasteiger partial charge in [-0.2, -0.15) is 4.98 Å². The maximum atomic E-state index is 5.12. The molecule has 1 atom stereocenters. The number of aryl methyl sites for hydroxylation is 1. The molecule has 0 aliphatic carbocycles. The van der Waals surface area contributed by atoms with Gasteiger partial charge in [-0.3, -0.25) is 0 Å². The Hall–Kier alpha value is -1.68. The molecule has 0 radical (unpaired) electrons. The Bertz CT molecular complexity index is 439. The lowest BCUT2D eigenvalue weighted by atomic mass is 10.0. The van der Waals surface area contributed by atoms with Crippen molar-refractivity contribution in [3.8, 4) is 0 Å². The number of hydrogen-bond donors (Lipinski definition) is 1. The van der Waals surface area contributed by atoms with E-state index in [2.05, 4.69) is 27.6 Å². The van der Waals surface area contributed by atoms with Gasteiger partial charge >= 0.3 is 0 Å². The van der Waals surface area contributed by atoms with Crippen LogP contribution in [-0.4, -0.2) is 17.2 Å². The van der Waals surface area contributed by atoms with Crippen molar-refractivity contribution in [2.75, 3.05) is 7.05 Å². The topological polar surface area (TPSA) is 51.0 Å². The Morgan fingerprint density at radius 3 is 2.62 bits per heavy atom. The summed E-state index contributed by atoms with van der Waals surface area (Å²) in [5, 5.41) is 7.03. The lowest BCUT2D eigenvalue weighted by Gasteiger charge is -2.13. The molecule has 84 valence electrons. The van der Waals surface area contributed by atoms with Crippen LogP contribution in [0.15, 0.2) is 34.9 Å². The van der Waals surface area contributed by atoms with Gasteiger partial charge in [0.25, 0.3) is 0 Å². The van der Waals surface area contributed by atoms with E-state index < -0.39 is 0 Å². The zero-order valence-electron chi connectivity index (χ0n) is 9.47. The first kappa shape index (κ1) is 10.8. The smallest absolute Gasteiger partial charge is 0.228 e. The Balaban J connectivity index is 2.12. The lowest BCUT2D eigenvalue weighted by Crippen LogP contribution is -2.18. The molecule has 1 heterocycles. The van der Waals surface area contributed by atoms with Crippen LogP contribution in [0, 0.1) is 6.92 Å². The van der Waals surface area contributed by atoms with E-state index in [1.807, 2.05) is 32.2 Å². The minimum absolute atomic E-state index is 0.209. The van der Waals surface area contributed by atoms with Gasteiger partial charge in [0.05, 0.1) is 0 Å². The molecule has 2 aromatic rings. The lowest BCUT2D eigenvalue weighted by molar-refractivity contribution is 0.359. The maximum Gasteiger partial charge on any atom is 0.228 e. The number of benzene rings is 1. The highest BCUT2D eigenvalue weighted by atomic mass is 16.5. The highest BCUT2D eigenvalue weighted by Crippen LogP contribution is 2.16.